The van der Waals surface area contributed by atoms with Gasteiger partial charge in [-0.25, -0.2) is 0 Å². The Bertz CT molecular complexity index is 401. The van der Waals surface area contributed by atoms with Crippen molar-refractivity contribution in [1.29, 1.82) is 0 Å². The Morgan fingerprint density at radius 3 is 2.61 bits per heavy atom. The normalized spacial score (nSPS) is 18.4. The van der Waals surface area contributed by atoms with Gasteiger partial charge in [0.05, 0.1) is 0 Å². The molecule has 1 aromatic carbocycles. The van der Waals surface area contributed by atoms with Crippen LogP contribution in [0.4, 0.5) is 0 Å². The molecule has 3 nitrogen and oxygen atoms in total. The molecule has 1 saturated heterocycles. The summed E-state index contributed by atoms with van der Waals surface area (Å²) in [6, 6.07) is 6.19. The molecule has 0 saturated carbocycles. The predicted molar refractivity (Wildman–Crippen MR) is 77.8 cm³/mol. The van der Waals surface area contributed by atoms with Crippen LogP contribution in [0.25, 0.3) is 0 Å². The fourth-order valence-electron chi connectivity index (χ4n) is 2.52. The quantitative estimate of drug-likeness (QED) is 0.929. The van der Waals surface area contributed by atoms with Crippen molar-refractivity contribution in [2.24, 2.45) is 0 Å². The van der Waals surface area contributed by atoms with Crippen molar-refractivity contribution in [2.75, 3.05) is 27.2 Å². The largest absolute Gasteiger partial charge is 0.508 e. The zero-order chi connectivity index (χ0) is 13.1. The number of rotatable bonds is 3. The second kappa shape index (κ2) is 6.04. The first kappa shape index (κ1) is 13.8. The second-order valence-electron chi connectivity index (χ2n) is 5.25. The lowest BCUT2D eigenvalue weighted by molar-refractivity contribution is 0.140. The van der Waals surface area contributed by atoms with E-state index in [0.29, 0.717) is 11.8 Å². The Hall–Kier alpha value is -0.580. The minimum atomic E-state index is 0.344. The standard InChI is InChI=1S/C14H21BrN2O/c1-16(2)12-5-7-17(8-6-12)10-11-9-13(18)3-4-14(11)15/h3-4,9,12,18H,5-8,10H2,1-2H3. The SMILES string of the molecule is CN(C)C1CCN(Cc2cc(O)ccc2Br)CC1. The number of hydrogen-bond acceptors (Lipinski definition) is 3. The number of phenolic OH excluding ortho intramolecular Hbond substituents is 1. The summed E-state index contributed by atoms with van der Waals surface area (Å²) in [5, 5.41) is 9.54. The molecule has 0 aliphatic carbocycles. The summed E-state index contributed by atoms with van der Waals surface area (Å²) in [6.07, 6.45) is 2.45. The maximum Gasteiger partial charge on any atom is 0.115 e. The molecule has 18 heavy (non-hydrogen) atoms. The molecule has 0 radical (unpaired) electrons. The molecule has 100 valence electrons. The first-order chi connectivity index (χ1) is 8.56. The van der Waals surface area contributed by atoms with Gasteiger partial charge in [-0.3, -0.25) is 4.90 Å². The molecule has 1 N–H and O–H groups in total. The van der Waals surface area contributed by atoms with Crippen LogP contribution in [0.5, 0.6) is 5.75 Å². The molecule has 1 aliphatic heterocycles. The van der Waals surface area contributed by atoms with E-state index in [2.05, 4.69) is 39.8 Å². The number of aromatic hydroxyl groups is 1. The number of phenols is 1. The summed E-state index contributed by atoms with van der Waals surface area (Å²) in [4.78, 5) is 4.78. The molecule has 1 aliphatic rings. The number of halogens is 1. The van der Waals surface area contributed by atoms with Gasteiger partial charge >= 0.3 is 0 Å². The molecular weight excluding hydrogens is 292 g/mol. The Morgan fingerprint density at radius 2 is 2.00 bits per heavy atom. The molecule has 0 unspecified atom stereocenters. The molecule has 2 rings (SSSR count). The number of piperidine rings is 1. The molecule has 4 heteroatoms. The molecule has 0 atom stereocenters. The monoisotopic (exact) mass is 312 g/mol. The molecule has 1 heterocycles. The Labute approximate surface area is 118 Å². The third-order valence-electron chi connectivity index (χ3n) is 3.71. The highest BCUT2D eigenvalue weighted by Crippen LogP contribution is 2.24. The molecular formula is C14H21BrN2O. The average molecular weight is 313 g/mol. The second-order valence-corrected chi connectivity index (χ2v) is 6.10. The minimum Gasteiger partial charge on any atom is -0.508 e. The summed E-state index contributed by atoms with van der Waals surface area (Å²) < 4.78 is 1.08. The number of nitrogens with zero attached hydrogens (tertiary/aromatic N) is 2. The minimum absolute atomic E-state index is 0.344. The lowest BCUT2D eigenvalue weighted by Crippen LogP contribution is -2.41. The lowest BCUT2D eigenvalue weighted by Gasteiger charge is -2.35. The zero-order valence-corrected chi connectivity index (χ0v) is 12.7. The zero-order valence-electron chi connectivity index (χ0n) is 11.1. The highest BCUT2D eigenvalue weighted by Gasteiger charge is 2.20. The van der Waals surface area contributed by atoms with Crippen molar-refractivity contribution in [3.05, 3.63) is 28.2 Å². The van der Waals surface area contributed by atoms with Gasteiger partial charge in [-0.2, -0.15) is 0 Å². The molecule has 1 fully saturated rings. The molecule has 0 spiro atoms. The van der Waals surface area contributed by atoms with Gasteiger partial charge in [0.25, 0.3) is 0 Å². The van der Waals surface area contributed by atoms with Gasteiger partial charge in [0.2, 0.25) is 0 Å². The summed E-state index contributed by atoms with van der Waals surface area (Å²) in [7, 11) is 4.32. The van der Waals surface area contributed by atoms with Gasteiger partial charge in [-0.1, -0.05) is 15.9 Å². The first-order valence-electron chi connectivity index (χ1n) is 6.42. The maximum absolute atomic E-state index is 9.54. The van der Waals surface area contributed by atoms with Crippen LogP contribution in [-0.4, -0.2) is 48.1 Å². The van der Waals surface area contributed by atoms with Gasteiger partial charge in [-0.05, 0) is 63.8 Å². The average Bonchev–Trinajstić information content (AvgIpc) is 2.34. The van der Waals surface area contributed by atoms with E-state index >= 15 is 0 Å². The van der Waals surface area contributed by atoms with Crippen LogP contribution in [0.15, 0.2) is 22.7 Å². The molecule has 0 aromatic heterocycles. The van der Waals surface area contributed by atoms with Crippen LogP contribution in [0, 0.1) is 0 Å². The van der Waals surface area contributed by atoms with Gasteiger partial charge in [0, 0.05) is 17.1 Å². The van der Waals surface area contributed by atoms with Crippen LogP contribution in [0.2, 0.25) is 0 Å². The summed E-state index contributed by atoms with van der Waals surface area (Å²) in [5.74, 6) is 0.344. The van der Waals surface area contributed by atoms with E-state index in [1.165, 1.54) is 18.4 Å². The highest BCUT2D eigenvalue weighted by molar-refractivity contribution is 9.10. The van der Waals surface area contributed by atoms with E-state index in [1.807, 2.05) is 12.1 Å². The van der Waals surface area contributed by atoms with Crippen LogP contribution >= 0.6 is 15.9 Å². The van der Waals surface area contributed by atoms with Crippen molar-refractivity contribution in [1.82, 2.24) is 9.80 Å². The van der Waals surface area contributed by atoms with E-state index in [-0.39, 0.29) is 0 Å². The fraction of sp³-hybridized carbons (Fsp3) is 0.571. The van der Waals surface area contributed by atoms with Crippen molar-refractivity contribution in [3.63, 3.8) is 0 Å². The van der Waals surface area contributed by atoms with Gasteiger partial charge in [0.15, 0.2) is 0 Å². The third-order valence-corrected chi connectivity index (χ3v) is 4.48. The van der Waals surface area contributed by atoms with Crippen molar-refractivity contribution in [2.45, 2.75) is 25.4 Å². The van der Waals surface area contributed by atoms with E-state index < -0.39 is 0 Å². The molecule has 0 amide bonds. The Morgan fingerprint density at radius 1 is 1.33 bits per heavy atom. The number of likely N-dealkylation sites (tertiary alicyclic amines) is 1. The van der Waals surface area contributed by atoms with Gasteiger partial charge < -0.3 is 10.0 Å². The summed E-state index contributed by atoms with van der Waals surface area (Å²) in [5.41, 5.74) is 1.17. The maximum atomic E-state index is 9.54. The molecule has 0 bridgehead atoms. The van der Waals surface area contributed by atoms with Crippen LogP contribution < -0.4 is 0 Å². The van der Waals surface area contributed by atoms with E-state index in [9.17, 15) is 5.11 Å². The summed E-state index contributed by atoms with van der Waals surface area (Å²) >= 11 is 3.55. The lowest BCUT2D eigenvalue weighted by atomic mass is 10.0. The smallest absolute Gasteiger partial charge is 0.115 e. The van der Waals surface area contributed by atoms with Crippen LogP contribution in [0.1, 0.15) is 18.4 Å². The number of benzene rings is 1. The Balaban J connectivity index is 1.93. The fourth-order valence-corrected chi connectivity index (χ4v) is 2.89. The number of hydrogen-bond donors (Lipinski definition) is 1. The Kier molecular flexibility index (Phi) is 4.65. The van der Waals surface area contributed by atoms with Crippen molar-refractivity contribution >= 4 is 15.9 Å². The van der Waals surface area contributed by atoms with E-state index in [1.54, 1.807) is 6.07 Å². The molecule has 1 aromatic rings. The summed E-state index contributed by atoms with van der Waals surface area (Å²) in [6.45, 7) is 3.17. The van der Waals surface area contributed by atoms with Crippen LogP contribution in [-0.2, 0) is 6.54 Å². The highest BCUT2D eigenvalue weighted by atomic mass is 79.9. The van der Waals surface area contributed by atoms with E-state index in [4.69, 9.17) is 0 Å². The predicted octanol–water partition coefficient (Wildman–Crippen LogP) is 2.68. The van der Waals surface area contributed by atoms with E-state index in [0.717, 1.165) is 24.1 Å². The first-order valence-corrected chi connectivity index (χ1v) is 7.21. The third kappa shape index (κ3) is 3.46. The van der Waals surface area contributed by atoms with Gasteiger partial charge in [-0.15, -0.1) is 0 Å². The van der Waals surface area contributed by atoms with Crippen molar-refractivity contribution < 1.29 is 5.11 Å². The van der Waals surface area contributed by atoms with Crippen molar-refractivity contribution in [3.8, 4) is 5.75 Å². The van der Waals surface area contributed by atoms with Crippen LogP contribution in [0.3, 0.4) is 0 Å². The topological polar surface area (TPSA) is 26.7 Å². The van der Waals surface area contributed by atoms with Gasteiger partial charge in [0.1, 0.15) is 5.75 Å².